The summed E-state index contributed by atoms with van der Waals surface area (Å²) in [4.78, 5) is 45.9. The Bertz CT molecular complexity index is 2890. The molecule has 0 saturated heterocycles. The van der Waals surface area contributed by atoms with Crippen LogP contribution in [0.5, 0.6) is 5.75 Å². The fourth-order valence-electron chi connectivity index (χ4n) is 4.59. The highest BCUT2D eigenvalue weighted by atomic mass is 32.2. The number of hydrogen-bond donors (Lipinski definition) is 7. The summed E-state index contributed by atoms with van der Waals surface area (Å²) in [6.07, 6.45) is 0. The van der Waals surface area contributed by atoms with E-state index < -0.39 is 89.9 Å². The van der Waals surface area contributed by atoms with Gasteiger partial charge in [-0.05, 0) is 47.9 Å². The van der Waals surface area contributed by atoms with E-state index in [9.17, 15) is 60.9 Å². The molecule has 0 aliphatic heterocycles. The van der Waals surface area contributed by atoms with Gasteiger partial charge in [0.05, 0.1) is 42.1 Å². The summed E-state index contributed by atoms with van der Waals surface area (Å²) in [6.45, 7) is 0. The number of phenolic OH excluding ortho intramolecular Hbond substituents is 1. The molecular weight excluding hydrogens is 748 g/mol. The van der Waals surface area contributed by atoms with Crippen molar-refractivity contribution in [2.45, 2.75) is 9.79 Å². The van der Waals surface area contributed by atoms with Crippen LogP contribution in [0.4, 0.5) is 45.5 Å². The standard InChI is InChI=1S/C28H20N10O13S2/c29-17-7-13(1-3-22(17)37(42)43)31-34-20-11-21(28(41)26(27(20)40)36-32-14-2-4-23(38(44)45)18(30)8-14)35-33-19-9-15(52(46,47)48)5-12-6-16(53(49,50)51)10-24(39)25(12)19/h1-11,31-32,39H,29-30H2,(H,46,47,48)(H,49,50,51)/b34-20?,35-33?,36-26-. The molecule has 0 amide bonds. The van der Waals surface area contributed by atoms with Crippen LogP contribution < -0.4 is 43.9 Å². The summed E-state index contributed by atoms with van der Waals surface area (Å²) in [7, 11) is -9.94. The highest BCUT2D eigenvalue weighted by Gasteiger charge is 2.20. The minimum atomic E-state index is -5.01. The summed E-state index contributed by atoms with van der Waals surface area (Å²) in [5.41, 5.74) is 11.2. The van der Waals surface area contributed by atoms with E-state index in [1.165, 1.54) is 6.07 Å². The average Bonchev–Trinajstić information content (AvgIpc) is 3.05. The lowest BCUT2D eigenvalue weighted by atomic mass is 10.1. The minimum Gasteiger partial charge on any atom is -0.507 e. The summed E-state index contributed by atoms with van der Waals surface area (Å²) in [5.74, 6) is -0.854. The predicted molar refractivity (Wildman–Crippen MR) is 184 cm³/mol. The highest BCUT2D eigenvalue weighted by molar-refractivity contribution is 7.86. The number of benzene rings is 5. The largest absolute Gasteiger partial charge is 0.507 e. The van der Waals surface area contributed by atoms with Crippen molar-refractivity contribution in [3.63, 3.8) is 0 Å². The second-order valence-corrected chi connectivity index (χ2v) is 13.4. The Balaban J connectivity index is 1.71. The predicted octanol–water partition coefficient (Wildman–Crippen LogP) is 1.89. The fourth-order valence-corrected chi connectivity index (χ4v) is 5.67. The van der Waals surface area contributed by atoms with E-state index in [-0.39, 0.29) is 33.5 Å². The molecule has 0 aromatic heterocycles. The lowest BCUT2D eigenvalue weighted by Gasteiger charge is -2.09. The SMILES string of the molecule is Nc1cc(NN=c2cc(N=Nc3cc(S(=O)(=O)O)cc4cc(S(=O)(=O)O)cc(O)c34)c(=O)/c(=N\Nc3ccc([N+](=O)[O-])c(N)c3)c2=O)ccc1[N+](=O)[O-]. The summed E-state index contributed by atoms with van der Waals surface area (Å²) >= 11 is 0. The molecule has 23 nitrogen and oxygen atoms in total. The van der Waals surface area contributed by atoms with Crippen molar-refractivity contribution >= 4 is 76.5 Å². The molecule has 0 atom stereocenters. The van der Waals surface area contributed by atoms with Crippen LogP contribution in [0, 0.1) is 20.2 Å². The third-order valence-corrected chi connectivity index (χ3v) is 8.70. The van der Waals surface area contributed by atoms with Gasteiger partial charge in [0.25, 0.3) is 31.6 Å². The molecule has 0 saturated carbocycles. The number of nitrogen functional groups attached to an aromatic ring is 2. The molecule has 272 valence electrons. The van der Waals surface area contributed by atoms with Crippen molar-refractivity contribution in [2.24, 2.45) is 20.4 Å². The van der Waals surface area contributed by atoms with Crippen LogP contribution in [-0.2, 0) is 20.2 Å². The van der Waals surface area contributed by atoms with E-state index >= 15 is 0 Å². The van der Waals surface area contributed by atoms with Gasteiger partial charge in [0.1, 0.15) is 28.2 Å². The monoisotopic (exact) mass is 768 g/mol. The zero-order valence-electron chi connectivity index (χ0n) is 25.9. The van der Waals surface area contributed by atoms with Gasteiger partial charge >= 0.3 is 0 Å². The molecule has 0 aliphatic rings. The molecule has 5 aromatic rings. The lowest BCUT2D eigenvalue weighted by Crippen LogP contribution is -2.48. The zero-order chi connectivity index (χ0) is 39.0. The summed E-state index contributed by atoms with van der Waals surface area (Å²) < 4.78 is 66.6. The van der Waals surface area contributed by atoms with Gasteiger partial charge in [0.2, 0.25) is 10.9 Å². The Morgan fingerprint density at radius 2 is 1.15 bits per heavy atom. The van der Waals surface area contributed by atoms with Crippen LogP contribution in [0.3, 0.4) is 0 Å². The number of nitrogens with one attached hydrogen (secondary N) is 2. The van der Waals surface area contributed by atoms with Gasteiger partial charge in [0.15, 0.2) is 5.36 Å². The number of nitro groups is 2. The maximum absolute atomic E-state index is 13.5. The first-order valence-corrected chi connectivity index (χ1v) is 16.9. The van der Waals surface area contributed by atoms with Crippen LogP contribution in [0.15, 0.2) is 107 Å². The minimum absolute atomic E-state index is 0.00914. The molecule has 9 N–H and O–H groups in total. The molecule has 5 aromatic carbocycles. The van der Waals surface area contributed by atoms with Crippen LogP contribution in [0.25, 0.3) is 10.8 Å². The van der Waals surface area contributed by atoms with Crippen LogP contribution in [0.2, 0.25) is 0 Å². The van der Waals surface area contributed by atoms with Gasteiger partial charge in [-0.25, -0.2) is 0 Å². The summed E-state index contributed by atoms with van der Waals surface area (Å²) in [5, 5.41) is 46.0. The first kappa shape index (κ1) is 37.0. The smallest absolute Gasteiger partial charge is 0.294 e. The molecule has 0 spiro atoms. The topological polar surface area (TPSA) is 375 Å². The first-order valence-electron chi connectivity index (χ1n) is 14.0. The van der Waals surface area contributed by atoms with Crippen LogP contribution >= 0.6 is 0 Å². The molecule has 53 heavy (non-hydrogen) atoms. The van der Waals surface area contributed by atoms with Crippen molar-refractivity contribution in [3.8, 4) is 5.75 Å². The molecule has 0 bridgehead atoms. The van der Waals surface area contributed by atoms with Crippen molar-refractivity contribution in [1.29, 1.82) is 0 Å². The maximum atomic E-state index is 13.5. The number of fused-ring (bicyclic) bond motifs is 1. The van der Waals surface area contributed by atoms with Gasteiger partial charge in [-0.2, -0.15) is 27.0 Å². The number of nitro benzene ring substituents is 2. The van der Waals surface area contributed by atoms with E-state index in [0.717, 1.165) is 48.5 Å². The Kier molecular flexibility index (Phi) is 9.67. The third-order valence-electron chi connectivity index (χ3n) is 7.04. The van der Waals surface area contributed by atoms with Gasteiger partial charge in [-0.3, -0.25) is 49.8 Å². The third kappa shape index (κ3) is 7.91. The van der Waals surface area contributed by atoms with Crippen LogP contribution in [0.1, 0.15) is 0 Å². The molecule has 0 radical (unpaired) electrons. The normalized spacial score (nSPS) is 12.7. The Morgan fingerprint density at radius 3 is 1.64 bits per heavy atom. The number of aromatic hydroxyl groups is 1. The number of azo groups is 1. The summed E-state index contributed by atoms with van der Waals surface area (Å²) in [6, 6.07) is 10.3. The molecule has 25 heteroatoms. The average molecular weight is 769 g/mol. The van der Waals surface area contributed by atoms with E-state index in [1.807, 2.05) is 0 Å². The highest BCUT2D eigenvalue weighted by Crippen LogP contribution is 2.38. The van der Waals surface area contributed by atoms with Crippen molar-refractivity contribution in [2.75, 3.05) is 22.3 Å². The van der Waals surface area contributed by atoms with Gasteiger partial charge in [0, 0.05) is 24.3 Å². The van der Waals surface area contributed by atoms with Crippen molar-refractivity contribution < 1.29 is 40.9 Å². The van der Waals surface area contributed by atoms with Gasteiger partial charge in [-0.15, -0.1) is 10.2 Å². The van der Waals surface area contributed by atoms with Crippen molar-refractivity contribution in [3.05, 3.63) is 118 Å². The number of hydrogen-bond acceptors (Lipinski definition) is 19. The second kappa shape index (κ2) is 13.8. The van der Waals surface area contributed by atoms with Crippen LogP contribution in [-0.4, -0.2) is 40.9 Å². The van der Waals surface area contributed by atoms with Gasteiger partial charge < -0.3 is 16.6 Å². The lowest BCUT2D eigenvalue weighted by molar-refractivity contribution is -0.384. The molecule has 0 aliphatic carbocycles. The molecule has 0 heterocycles. The number of nitrogens with two attached hydrogens (primary N) is 2. The second-order valence-electron chi connectivity index (χ2n) is 10.6. The molecule has 0 fully saturated rings. The Labute approximate surface area is 293 Å². The van der Waals surface area contributed by atoms with Crippen molar-refractivity contribution in [1.82, 2.24) is 0 Å². The van der Waals surface area contributed by atoms with E-state index in [2.05, 4.69) is 31.3 Å². The maximum Gasteiger partial charge on any atom is 0.294 e. The fraction of sp³-hybridized carbons (Fsp3) is 0. The molecule has 5 rings (SSSR count). The first-order chi connectivity index (χ1) is 24.7. The Hall–Kier alpha value is -7.22. The number of phenols is 1. The van der Waals surface area contributed by atoms with E-state index in [1.54, 1.807) is 0 Å². The zero-order valence-corrected chi connectivity index (χ0v) is 27.6. The molecule has 0 unspecified atom stereocenters. The number of anilines is 4. The number of rotatable bonds is 10. The number of nitrogens with zero attached hydrogens (tertiary/aromatic N) is 6. The quantitative estimate of drug-likeness (QED) is 0.0350. The van der Waals surface area contributed by atoms with E-state index in [4.69, 9.17) is 11.5 Å². The Morgan fingerprint density at radius 1 is 0.660 bits per heavy atom. The molecular formula is C28H20N10O13S2. The van der Waals surface area contributed by atoms with E-state index in [0.29, 0.717) is 12.1 Å². The van der Waals surface area contributed by atoms with Gasteiger partial charge in [-0.1, -0.05) is 0 Å².